The molecule has 0 unspecified atom stereocenters. The largest absolute Gasteiger partial charge is 0.420 e. The van der Waals surface area contributed by atoms with E-state index in [2.05, 4.69) is 14.9 Å². The average Bonchev–Trinajstić information content (AvgIpc) is 3.23. The van der Waals surface area contributed by atoms with Crippen LogP contribution in [0.2, 0.25) is 0 Å². The highest BCUT2D eigenvalue weighted by Crippen LogP contribution is 2.18. The number of benzene rings is 2. The van der Waals surface area contributed by atoms with Gasteiger partial charge in [0.1, 0.15) is 12.4 Å². The van der Waals surface area contributed by atoms with Crippen LogP contribution in [-0.2, 0) is 17.9 Å². The standard InChI is InChI=1S/C21H20N4O3/c1-15-13-23-20(16-7-3-2-4-8-16)24(15)12-11-22-19(26)14-25-17-9-5-6-10-18(17)28-21(25)27/h2-10,13H,11-12,14H2,1H3,(H,22,26). The number of fused-ring (bicyclic) bond motifs is 1. The number of hydrogen-bond acceptors (Lipinski definition) is 4. The zero-order valence-corrected chi connectivity index (χ0v) is 15.5. The fraction of sp³-hybridized carbons (Fsp3) is 0.190. The number of carbonyl (C=O) groups is 1. The molecule has 142 valence electrons. The van der Waals surface area contributed by atoms with Crippen molar-refractivity contribution in [3.63, 3.8) is 0 Å². The molecule has 0 spiro atoms. The predicted molar refractivity (Wildman–Crippen MR) is 106 cm³/mol. The summed E-state index contributed by atoms with van der Waals surface area (Å²) in [6, 6.07) is 17.0. The minimum Gasteiger partial charge on any atom is -0.408 e. The number of nitrogens with one attached hydrogen (secondary N) is 1. The fourth-order valence-corrected chi connectivity index (χ4v) is 3.23. The quantitative estimate of drug-likeness (QED) is 0.561. The van der Waals surface area contributed by atoms with Crippen LogP contribution in [0.1, 0.15) is 5.69 Å². The zero-order chi connectivity index (χ0) is 19.5. The summed E-state index contributed by atoms with van der Waals surface area (Å²) >= 11 is 0. The van der Waals surface area contributed by atoms with Crippen LogP contribution < -0.4 is 11.1 Å². The highest BCUT2D eigenvalue weighted by Gasteiger charge is 2.13. The first-order chi connectivity index (χ1) is 13.6. The molecule has 1 N–H and O–H groups in total. The van der Waals surface area contributed by atoms with E-state index in [0.717, 1.165) is 17.1 Å². The second-order valence-electron chi connectivity index (χ2n) is 6.51. The molecule has 0 bridgehead atoms. The highest BCUT2D eigenvalue weighted by molar-refractivity contribution is 5.79. The van der Waals surface area contributed by atoms with Crippen molar-refractivity contribution in [2.75, 3.05) is 6.54 Å². The Kier molecular flexibility index (Phi) is 4.80. The maximum absolute atomic E-state index is 12.3. The Morgan fingerprint density at radius 3 is 2.64 bits per heavy atom. The molecule has 7 nitrogen and oxygen atoms in total. The first kappa shape index (κ1) is 17.8. The Labute approximate surface area is 161 Å². The maximum atomic E-state index is 12.3. The molecule has 7 heteroatoms. The molecule has 0 aliphatic carbocycles. The number of carbonyl (C=O) groups excluding carboxylic acids is 1. The van der Waals surface area contributed by atoms with Gasteiger partial charge < -0.3 is 14.3 Å². The van der Waals surface area contributed by atoms with Crippen LogP contribution in [0.3, 0.4) is 0 Å². The van der Waals surface area contributed by atoms with Crippen molar-refractivity contribution in [3.8, 4) is 11.4 Å². The molecule has 1 amide bonds. The van der Waals surface area contributed by atoms with Crippen molar-refractivity contribution in [3.05, 3.63) is 77.0 Å². The monoisotopic (exact) mass is 376 g/mol. The van der Waals surface area contributed by atoms with Crippen molar-refractivity contribution in [1.29, 1.82) is 0 Å². The van der Waals surface area contributed by atoms with Crippen LogP contribution in [0.15, 0.2) is 70.0 Å². The number of amides is 1. The third-order valence-electron chi connectivity index (χ3n) is 4.62. The molecule has 2 heterocycles. The molecule has 0 aliphatic heterocycles. The van der Waals surface area contributed by atoms with E-state index in [9.17, 15) is 9.59 Å². The van der Waals surface area contributed by atoms with Gasteiger partial charge in [0.05, 0.1) is 5.52 Å². The van der Waals surface area contributed by atoms with Gasteiger partial charge in [-0.15, -0.1) is 0 Å². The lowest BCUT2D eigenvalue weighted by atomic mass is 10.2. The Bertz CT molecular complexity index is 1170. The molecule has 0 fully saturated rings. The SMILES string of the molecule is Cc1cnc(-c2ccccc2)n1CCNC(=O)Cn1c(=O)oc2ccccc21. The number of para-hydroxylation sites is 2. The maximum Gasteiger partial charge on any atom is 0.420 e. The number of nitrogens with zero attached hydrogens (tertiary/aromatic N) is 3. The molecule has 28 heavy (non-hydrogen) atoms. The van der Waals surface area contributed by atoms with Crippen LogP contribution in [-0.4, -0.2) is 26.6 Å². The van der Waals surface area contributed by atoms with Gasteiger partial charge in [0.15, 0.2) is 5.58 Å². The molecule has 0 atom stereocenters. The van der Waals surface area contributed by atoms with Crippen molar-refractivity contribution in [1.82, 2.24) is 19.4 Å². The second kappa shape index (κ2) is 7.56. The van der Waals surface area contributed by atoms with Gasteiger partial charge in [-0.2, -0.15) is 0 Å². The Balaban J connectivity index is 1.42. The number of aryl methyl sites for hydroxylation is 1. The molecule has 4 rings (SSSR count). The molecular formula is C21H20N4O3. The van der Waals surface area contributed by atoms with Crippen molar-refractivity contribution in [2.45, 2.75) is 20.0 Å². The molecule has 2 aromatic heterocycles. The Hall–Kier alpha value is -3.61. The van der Waals surface area contributed by atoms with E-state index >= 15 is 0 Å². The van der Waals surface area contributed by atoms with Gasteiger partial charge >= 0.3 is 5.76 Å². The average molecular weight is 376 g/mol. The van der Waals surface area contributed by atoms with Crippen LogP contribution in [0, 0.1) is 6.92 Å². The summed E-state index contributed by atoms with van der Waals surface area (Å²) in [5, 5.41) is 2.87. The van der Waals surface area contributed by atoms with E-state index in [4.69, 9.17) is 4.42 Å². The molecule has 0 saturated heterocycles. The summed E-state index contributed by atoms with van der Waals surface area (Å²) < 4.78 is 8.56. The van der Waals surface area contributed by atoms with Crippen LogP contribution in [0.25, 0.3) is 22.5 Å². The summed E-state index contributed by atoms with van der Waals surface area (Å²) in [6.07, 6.45) is 1.82. The third kappa shape index (κ3) is 3.46. The van der Waals surface area contributed by atoms with Crippen molar-refractivity contribution < 1.29 is 9.21 Å². The van der Waals surface area contributed by atoms with Crippen LogP contribution in [0.5, 0.6) is 0 Å². The molecule has 4 aromatic rings. The lowest BCUT2D eigenvalue weighted by Crippen LogP contribution is -2.33. The lowest BCUT2D eigenvalue weighted by Gasteiger charge is -2.11. The number of hydrogen-bond donors (Lipinski definition) is 1. The zero-order valence-electron chi connectivity index (χ0n) is 15.5. The van der Waals surface area contributed by atoms with E-state index in [1.807, 2.05) is 43.5 Å². The summed E-state index contributed by atoms with van der Waals surface area (Å²) in [7, 11) is 0. The van der Waals surface area contributed by atoms with E-state index in [0.29, 0.717) is 24.2 Å². The molecule has 2 aromatic carbocycles. The number of oxazole rings is 1. The van der Waals surface area contributed by atoms with Gasteiger partial charge in [0.25, 0.3) is 0 Å². The first-order valence-corrected chi connectivity index (χ1v) is 9.06. The molecular weight excluding hydrogens is 356 g/mol. The fourth-order valence-electron chi connectivity index (χ4n) is 3.23. The highest BCUT2D eigenvalue weighted by atomic mass is 16.4. The number of rotatable bonds is 6. The normalized spacial score (nSPS) is 11.0. The Morgan fingerprint density at radius 1 is 1.07 bits per heavy atom. The molecule has 0 aliphatic rings. The smallest absolute Gasteiger partial charge is 0.408 e. The van der Waals surface area contributed by atoms with Gasteiger partial charge in [-0.3, -0.25) is 9.36 Å². The van der Waals surface area contributed by atoms with Gasteiger partial charge in [0.2, 0.25) is 5.91 Å². The predicted octanol–water partition coefficient (Wildman–Crippen LogP) is 2.58. The van der Waals surface area contributed by atoms with Gasteiger partial charge in [0, 0.05) is 30.5 Å². The topological polar surface area (TPSA) is 82.1 Å². The van der Waals surface area contributed by atoms with Gasteiger partial charge in [-0.1, -0.05) is 42.5 Å². The molecule has 0 saturated carbocycles. The summed E-state index contributed by atoms with van der Waals surface area (Å²) in [5.41, 5.74) is 3.13. The van der Waals surface area contributed by atoms with E-state index in [1.165, 1.54) is 4.57 Å². The lowest BCUT2D eigenvalue weighted by molar-refractivity contribution is -0.121. The van der Waals surface area contributed by atoms with Crippen LogP contribution in [0.4, 0.5) is 0 Å². The van der Waals surface area contributed by atoms with Crippen molar-refractivity contribution in [2.24, 2.45) is 0 Å². The Morgan fingerprint density at radius 2 is 1.82 bits per heavy atom. The minimum absolute atomic E-state index is 0.0791. The van der Waals surface area contributed by atoms with E-state index < -0.39 is 5.76 Å². The molecule has 0 radical (unpaired) electrons. The second-order valence-corrected chi connectivity index (χ2v) is 6.51. The van der Waals surface area contributed by atoms with Gasteiger partial charge in [-0.25, -0.2) is 9.78 Å². The van der Waals surface area contributed by atoms with Crippen LogP contribution >= 0.6 is 0 Å². The first-order valence-electron chi connectivity index (χ1n) is 9.06. The summed E-state index contributed by atoms with van der Waals surface area (Å²) in [5.74, 6) is 0.0882. The third-order valence-corrected chi connectivity index (χ3v) is 4.62. The number of aromatic nitrogens is 3. The van der Waals surface area contributed by atoms with Crippen molar-refractivity contribution >= 4 is 17.0 Å². The summed E-state index contributed by atoms with van der Waals surface area (Å²) in [6.45, 7) is 2.92. The summed E-state index contributed by atoms with van der Waals surface area (Å²) in [4.78, 5) is 28.8. The minimum atomic E-state index is -0.534. The van der Waals surface area contributed by atoms with E-state index in [-0.39, 0.29) is 12.5 Å². The van der Waals surface area contributed by atoms with Gasteiger partial charge in [-0.05, 0) is 19.1 Å². The number of imidazole rings is 1. The van der Waals surface area contributed by atoms with E-state index in [1.54, 1.807) is 24.3 Å².